The fourth-order valence-electron chi connectivity index (χ4n) is 2.36. The molecule has 1 aromatic carbocycles. The summed E-state index contributed by atoms with van der Waals surface area (Å²) in [5.74, 6) is 0.341. The van der Waals surface area contributed by atoms with Gasteiger partial charge in [0.1, 0.15) is 0 Å². The maximum Gasteiger partial charge on any atom is 0.223 e. The lowest BCUT2D eigenvalue weighted by Gasteiger charge is -2.29. The van der Waals surface area contributed by atoms with E-state index in [1.807, 2.05) is 37.3 Å². The summed E-state index contributed by atoms with van der Waals surface area (Å²) in [6.07, 6.45) is 2.49. The molecule has 19 heavy (non-hydrogen) atoms. The summed E-state index contributed by atoms with van der Waals surface area (Å²) < 4.78 is 5.48. The molecule has 0 saturated carbocycles. The van der Waals surface area contributed by atoms with E-state index in [1.165, 1.54) is 0 Å². The second-order valence-electron chi connectivity index (χ2n) is 5.22. The highest BCUT2D eigenvalue weighted by molar-refractivity contribution is 6.18. The average Bonchev–Trinajstić information content (AvgIpc) is 2.92. The molecule has 4 heteroatoms. The Morgan fingerprint density at radius 1 is 1.47 bits per heavy atom. The van der Waals surface area contributed by atoms with Crippen LogP contribution >= 0.6 is 11.6 Å². The van der Waals surface area contributed by atoms with Gasteiger partial charge in [-0.15, -0.1) is 11.6 Å². The molecule has 0 radical (unpaired) electrons. The molecule has 2 unspecified atom stereocenters. The zero-order chi connectivity index (χ0) is 13.7. The average molecular weight is 282 g/mol. The molecule has 1 amide bonds. The van der Waals surface area contributed by atoms with Crippen LogP contribution in [0.2, 0.25) is 0 Å². The number of ether oxygens (including phenoxy) is 1. The van der Waals surface area contributed by atoms with Gasteiger partial charge in [-0.1, -0.05) is 30.3 Å². The number of amides is 1. The van der Waals surface area contributed by atoms with Crippen molar-refractivity contribution in [3.63, 3.8) is 0 Å². The SMILES string of the molecule is CC(CCl)(NC(=O)CC1CCCO1)c1ccccc1. The Morgan fingerprint density at radius 3 is 2.79 bits per heavy atom. The number of carbonyl (C=O) groups is 1. The summed E-state index contributed by atoms with van der Waals surface area (Å²) in [6, 6.07) is 9.81. The molecule has 1 saturated heterocycles. The maximum absolute atomic E-state index is 12.1. The van der Waals surface area contributed by atoms with E-state index in [0.717, 1.165) is 25.0 Å². The minimum Gasteiger partial charge on any atom is -0.378 e. The Hall–Kier alpha value is -1.06. The Morgan fingerprint density at radius 2 is 2.21 bits per heavy atom. The number of halogens is 1. The number of benzene rings is 1. The third-order valence-electron chi connectivity index (χ3n) is 3.53. The highest BCUT2D eigenvalue weighted by atomic mass is 35.5. The fraction of sp³-hybridized carbons (Fsp3) is 0.533. The molecule has 0 spiro atoms. The summed E-state index contributed by atoms with van der Waals surface area (Å²) in [5.41, 5.74) is 0.490. The minimum absolute atomic E-state index is 0.00102. The molecule has 0 bridgehead atoms. The van der Waals surface area contributed by atoms with Gasteiger partial charge in [-0.05, 0) is 25.3 Å². The summed E-state index contributed by atoms with van der Waals surface area (Å²) in [5, 5.41) is 3.04. The molecule has 104 valence electrons. The van der Waals surface area contributed by atoms with Crippen molar-refractivity contribution >= 4 is 17.5 Å². The van der Waals surface area contributed by atoms with Crippen molar-refractivity contribution in [3.8, 4) is 0 Å². The zero-order valence-electron chi connectivity index (χ0n) is 11.2. The molecule has 2 rings (SSSR count). The highest BCUT2D eigenvalue weighted by Crippen LogP contribution is 2.23. The van der Waals surface area contributed by atoms with E-state index in [4.69, 9.17) is 16.3 Å². The van der Waals surface area contributed by atoms with E-state index in [0.29, 0.717) is 12.3 Å². The lowest BCUT2D eigenvalue weighted by molar-refractivity contribution is -0.124. The molecule has 2 atom stereocenters. The first-order valence-corrected chi connectivity index (χ1v) is 7.21. The monoisotopic (exact) mass is 281 g/mol. The molecular formula is C15H20ClNO2. The molecule has 1 aliphatic rings. The predicted molar refractivity (Wildman–Crippen MR) is 76.2 cm³/mol. The molecule has 3 nitrogen and oxygen atoms in total. The highest BCUT2D eigenvalue weighted by Gasteiger charge is 2.29. The number of hydrogen-bond donors (Lipinski definition) is 1. The number of rotatable bonds is 5. The van der Waals surface area contributed by atoms with Crippen molar-refractivity contribution in [2.75, 3.05) is 12.5 Å². The largest absolute Gasteiger partial charge is 0.378 e. The topological polar surface area (TPSA) is 38.3 Å². The van der Waals surface area contributed by atoms with Gasteiger partial charge in [-0.3, -0.25) is 4.79 Å². The van der Waals surface area contributed by atoms with Gasteiger partial charge < -0.3 is 10.1 Å². The van der Waals surface area contributed by atoms with Crippen LogP contribution in [0, 0.1) is 0 Å². The summed E-state index contributed by atoms with van der Waals surface area (Å²) in [6.45, 7) is 2.71. The quantitative estimate of drug-likeness (QED) is 0.843. The van der Waals surface area contributed by atoms with Crippen LogP contribution in [-0.2, 0) is 15.1 Å². The molecule has 1 aliphatic heterocycles. The molecule has 0 aliphatic carbocycles. The van der Waals surface area contributed by atoms with Crippen molar-refractivity contribution in [1.29, 1.82) is 0 Å². The van der Waals surface area contributed by atoms with Crippen LogP contribution in [0.5, 0.6) is 0 Å². The Balaban J connectivity index is 1.99. The van der Waals surface area contributed by atoms with Gasteiger partial charge in [0.15, 0.2) is 0 Å². The molecular weight excluding hydrogens is 262 g/mol. The minimum atomic E-state index is -0.529. The summed E-state index contributed by atoms with van der Waals surface area (Å²) in [7, 11) is 0. The first kappa shape index (κ1) is 14.4. The molecule has 1 heterocycles. The first-order chi connectivity index (χ1) is 9.14. The number of hydrogen-bond acceptors (Lipinski definition) is 2. The van der Waals surface area contributed by atoms with Crippen molar-refractivity contribution in [2.24, 2.45) is 0 Å². The van der Waals surface area contributed by atoms with Gasteiger partial charge in [0.05, 0.1) is 18.1 Å². The standard InChI is InChI=1S/C15H20ClNO2/c1-15(11-16,12-6-3-2-4-7-12)17-14(18)10-13-8-5-9-19-13/h2-4,6-7,13H,5,8-11H2,1H3,(H,17,18). The van der Waals surface area contributed by atoms with Gasteiger partial charge in [0.25, 0.3) is 0 Å². The second kappa shape index (κ2) is 6.40. The van der Waals surface area contributed by atoms with Gasteiger partial charge in [-0.25, -0.2) is 0 Å². The van der Waals surface area contributed by atoms with Gasteiger partial charge >= 0.3 is 0 Å². The van der Waals surface area contributed by atoms with E-state index in [2.05, 4.69) is 5.32 Å². The molecule has 1 fully saturated rings. The van der Waals surface area contributed by atoms with Crippen molar-refractivity contribution < 1.29 is 9.53 Å². The first-order valence-electron chi connectivity index (χ1n) is 6.68. The van der Waals surface area contributed by atoms with Crippen LogP contribution in [0.1, 0.15) is 31.7 Å². The van der Waals surface area contributed by atoms with Gasteiger partial charge in [0.2, 0.25) is 5.91 Å². The molecule has 0 aromatic heterocycles. The smallest absolute Gasteiger partial charge is 0.223 e. The third-order valence-corrected chi connectivity index (χ3v) is 4.07. The van der Waals surface area contributed by atoms with Crippen LogP contribution in [0.3, 0.4) is 0 Å². The lowest BCUT2D eigenvalue weighted by Crippen LogP contribution is -2.45. The summed E-state index contributed by atoms with van der Waals surface area (Å²) in [4.78, 5) is 12.1. The normalized spacial score (nSPS) is 21.9. The van der Waals surface area contributed by atoms with Crippen molar-refractivity contribution in [3.05, 3.63) is 35.9 Å². The van der Waals surface area contributed by atoms with E-state index in [9.17, 15) is 4.79 Å². The van der Waals surface area contributed by atoms with Crippen LogP contribution in [0.15, 0.2) is 30.3 Å². The Labute approximate surface area is 119 Å². The Kier molecular flexibility index (Phi) is 4.83. The van der Waals surface area contributed by atoms with Gasteiger partial charge in [-0.2, -0.15) is 0 Å². The number of carbonyl (C=O) groups excluding carboxylic acids is 1. The fourth-order valence-corrected chi connectivity index (χ4v) is 2.58. The number of nitrogens with one attached hydrogen (secondary N) is 1. The van der Waals surface area contributed by atoms with Crippen molar-refractivity contribution in [1.82, 2.24) is 5.32 Å². The molecule has 1 N–H and O–H groups in total. The summed E-state index contributed by atoms with van der Waals surface area (Å²) >= 11 is 6.06. The number of alkyl halides is 1. The maximum atomic E-state index is 12.1. The van der Waals surface area contributed by atoms with Crippen molar-refractivity contribution in [2.45, 2.75) is 37.8 Å². The van der Waals surface area contributed by atoms with E-state index >= 15 is 0 Å². The van der Waals surface area contributed by atoms with Crippen LogP contribution in [-0.4, -0.2) is 24.5 Å². The van der Waals surface area contributed by atoms with Crippen LogP contribution in [0.4, 0.5) is 0 Å². The Bertz CT molecular complexity index is 417. The van der Waals surface area contributed by atoms with E-state index < -0.39 is 5.54 Å². The predicted octanol–water partition coefficient (Wildman–Crippen LogP) is 2.83. The zero-order valence-corrected chi connectivity index (χ0v) is 12.0. The van der Waals surface area contributed by atoms with E-state index in [-0.39, 0.29) is 12.0 Å². The third kappa shape index (κ3) is 3.71. The lowest BCUT2D eigenvalue weighted by atomic mass is 9.93. The van der Waals surface area contributed by atoms with E-state index in [1.54, 1.807) is 0 Å². The van der Waals surface area contributed by atoms with Crippen LogP contribution in [0.25, 0.3) is 0 Å². The molecule has 1 aromatic rings. The van der Waals surface area contributed by atoms with Gasteiger partial charge in [0, 0.05) is 12.5 Å². The second-order valence-corrected chi connectivity index (χ2v) is 5.49. The van der Waals surface area contributed by atoms with Crippen LogP contribution < -0.4 is 5.32 Å².